The van der Waals surface area contributed by atoms with Gasteiger partial charge in [-0.15, -0.1) is 0 Å². The Balaban J connectivity index is 1.87. The predicted octanol–water partition coefficient (Wildman–Crippen LogP) is 2.08. The highest BCUT2D eigenvalue weighted by atomic mass is 16.2. The molecule has 0 spiro atoms. The third-order valence-corrected chi connectivity index (χ3v) is 4.61. The maximum atomic E-state index is 12.9. The molecule has 1 saturated heterocycles. The van der Waals surface area contributed by atoms with Crippen molar-refractivity contribution in [1.29, 1.82) is 0 Å². The summed E-state index contributed by atoms with van der Waals surface area (Å²) >= 11 is 0. The van der Waals surface area contributed by atoms with E-state index >= 15 is 0 Å². The lowest BCUT2D eigenvalue weighted by Crippen LogP contribution is -2.48. The number of hydrogen-bond acceptors (Lipinski definition) is 3. The second-order valence-corrected chi connectivity index (χ2v) is 6.11. The van der Waals surface area contributed by atoms with Gasteiger partial charge in [-0.3, -0.25) is 9.48 Å². The summed E-state index contributed by atoms with van der Waals surface area (Å²) in [5.41, 5.74) is 4.01. The number of piperazine rings is 1. The average Bonchev–Trinajstić information content (AvgIpc) is 2.93. The number of carbonyl (C=O) groups is 1. The van der Waals surface area contributed by atoms with Crippen molar-refractivity contribution < 1.29 is 4.79 Å². The van der Waals surface area contributed by atoms with Crippen molar-refractivity contribution in [1.82, 2.24) is 20.0 Å². The molecule has 5 heteroatoms. The van der Waals surface area contributed by atoms with Crippen LogP contribution in [0.25, 0.3) is 0 Å². The van der Waals surface area contributed by atoms with E-state index in [1.807, 2.05) is 24.9 Å². The summed E-state index contributed by atoms with van der Waals surface area (Å²) < 4.78 is 1.75. The summed E-state index contributed by atoms with van der Waals surface area (Å²) in [6.07, 6.45) is 1.03. The van der Waals surface area contributed by atoms with Gasteiger partial charge in [-0.05, 0) is 30.5 Å². The highest BCUT2D eigenvalue weighted by molar-refractivity contribution is 5.92. The van der Waals surface area contributed by atoms with Crippen LogP contribution in [0.1, 0.15) is 40.3 Å². The molecule has 0 bridgehead atoms. The van der Waals surface area contributed by atoms with Crippen LogP contribution >= 0.6 is 0 Å². The van der Waals surface area contributed by atoms with Gasteiger partial charge in [0.1, 0.15) is 0 Å². The molecule has 1 aromatic carbocycles. The van der Waals surface area contributed by atoms with E-state index in [1.165, 1.54) is 11.1 Å². The van der Waals surface area contributed by atoms with Crippen LogP contribution in [-0.4, -0.2) is 40.2 Å². The Bertz CT molecular complexity index is 670. The fourth-order valence-electron chi connectivity index (χ4n) is 3.03. The lowest BCUT2D eigenvalue weighted by atomic mass is 10.0. The number of nitrogens with zero attached hydrogens (tertiary/aromatic N) is 3. The minimum Gasteiger partial charge on any atom is -0.328 e. The molecular formula is C18H24N4O. The van der Waals surface area contributed by atoms with E-state index in [0.717, 1.165) is 25.2 Å². The number of aromatic nitrogens is 2. The number of rotatable bonds is 3. The molecule has 2 heterocycles. The van der Waals surface area contributed by atoms with Crippen LogP contribution in [0.3, 0.4) is 0 Å². The number of nitrogens with one attached hydrogen (secondary N) is 1. The molecule has 0 aliphatic carbocycles. The molecule has 122 valence electrons. The van der Waals surface area contributed by atoms with E-state index in [-0.39, 0.29) is 11.9 Å². The quantitative estimate of drug-likeness (QED) is 0.944. The SMILES string of the molecule is CCc1ccc(C2CNCCN2C(=O)c2cc(C)n(C)n2)cc1. The lowest BCUT2D eigenvalue weighted by Gasteiger charge is -2.36. The summed E-state index contributed by atoms with van der Waals surface area (Å²) in [6, 6.07) is 10.5. The number of benzene rings is 1. The fraction of sp³-hybridized carbons (Fsp3) is 0.444. The molecular weight excluding hydrogens is 288 g/mol. The van der Waals surface area contributed by atoms with Gasteiger partial charge in [0.2, 0.25) is 0 Å². The van der Waals surface area contributed by atoms with Crippen LogP contribution in [0.15, 0.2) is 30.3 Å². The lowest BCUT2D eigenvalue weighted by molar-refractivity contribution is 0.0627. The van der Waals surface area contributed by atoms with Crippen molar-refractivity contribution in [2.45, 2.75) is 26.3 Å². The van der Waals surface area contributed by atoms with Crippen molar-refractivity contribution in [3.63, 3.8) is 0 Å². The van der Waals surface area contributed by atoms with Gasteiger partial charge in [0.05, 0.1) is 6.04 Å². The minimum atomic E-state index is 0.0137. The fourth-order valence-corrected chi connectivity index (χ4v) is 3.03. The monoisotopic (exact) mass is 312 g/mol. The second-order valence-electron chi connectivity index (χ2n) is 6.11. The van der Waals surface area contributed by atoms with E-state index in [1.54, 1.807) is 4.68 Å². The molecule has 1 N–H and O–H groups in total. The van der Waals surface area contributed by atoms with Gasteiger partial charge in [0, 0.05) is 32.4 Å². The maximum Gasteiger partial charge on any atom is 0.274 e. The average molecular weight is 312 g/mol. The van der Waals surface area contributed by atoms with Crippen molar-refractivity contribution in [3.05, 3.63) is 52.8 Å². The van der Waals surface area contributed by atoms with Gasteiger partial charge in [-0.25, -0.2) is 0 Å². The molecule has 1 aromatic heterocycles. The van der Waals surface area contributed by atoms with E-state index < -0.39 is 0 Å². The Morgan fingerprint density at radius 3 is 2.70 bits per heavy atom. The Morgan fingerprint density at radius 1 is 1.35 bits per heavy atom. The standard InChI is InChI=1S/C18H24N4O/c1-4-14-5-7-15(8-6-14)17-12-19-9-10-22(17)18(23)16-11-13(2)21(3)20-16/h5-8,11,17,19H,4,9-10,12H2,1-3H3. The predicted molar refractivity (Wildman–Crippen MR) is 90.4 cm³/mol. The number of amides is 1. The molecule has 1 atom stereocenters. The molecule has 3 rings (SSSR count). The van der Waals surface area contributed by atoms with Crippen LogP contribution in [0, 0.1) is 6.92 Å². The van der Waals surface area contributed by atoms with Crippen molar-refractivity contribution in [2.24, 2.45) is 7.05 Å². The molecule has 1 aliphatic rings. The first kappa shape index (κ1) is 15.7. The molecule has 1 aliphatic heterocycles. The highest BCUT2D eigenvalue weighted by Crippen LogP contribution is 2.24. The molecule has 1 fully saturated rings. The van der Waals surface area contributed by atoms with Crippen LogP contribution in [0.4, 0.5) is 0 Å². The zero-order valence-corrected chi connectivity index (χ0v) is 14.0. The first-order valence-electron chi connectivity index (χ1n) is 8.21. The summed E-state index contributed by atoms with van der Waals surface area (Å²) in [4.78, 5) is 14.8. The number of carbonyl (C=O) groups excluding carboxylic acids is 1. The van der Waals surface area contributed by atoms with Crippen LogP contribution in [0.5, 0.6) is 0 Å². The van der Waals surface area contributed by atoms with Gasteiger partial charge >= 0.3 is 0 Å². The minimum absolute atomic E-state index is 0.0137. The van der Waals surface area contributed by atoms with Crippen molar-refractivity contribution in [3.8, 4) is 0 Å². The first-order chi connectivity index (χ1) is 11.1. The molecule has 5 nitrogen and oxygen atoms in total. The first-order valence-corrected chi connectivity index (χ1v) is 8.21. The van der Waals surface area contributed by atoms with E-state index in [2.05, 4.69) is 41.6 Å². The van der Waals surface area contributed by atoms with E-state index in [0.29, 0.717) is 12.2 Å². The van der Waals surface area contributed by atoms with Crippen LogP contribution in [0.2, 0.25) is 0 Å². The molecule has 1 amide bonds. The molecule has 0 saturated carbocycles. The largest absolute Gasteiger partial charge is 0.328 e. The Kier molecular flexibility index (Phi) is 4.48. The van der Waals surface area contributed by atoms with E-state index in [4.69, 9.17) is 0 Å². The zero-order valence-electron chi connectivity index (χ0n) is 14.0. The molecule has 2 aromatic rings. The summed E-state index contributed by atoms with van der Waals surface area (Å²) in [5, 5.41) is 7.74. The second kappa shape index (κ2) is 6.54. The normalized spacial score (nSPS) is 18.2. The Hall–Kier alpha value is -2.14. The summed E-state index contributed by atoms with van der Waals surface area (Å²) in [5.74, 6) is 0.0137. The third-order valence-electron chi connectivity index (χ3n) is 4.61. The molecule has 23 heavy (non-hydrogen) atoms. The topological polar surface area (TPSA) is 50.2 Å². The number of aryl methyl sites for hydroxylation is 3. The van der Waals surface area contributed by atoms with Crippen LogP contribution < -0.4 is 5.32 Å². The van der Waals surface area contributed by atoms with E-state index in [9.17, 15) is 4.79 Å². The van der Waals surface area contributed by atoms with Gasteiger partial charge in [0.25, 0.3) is 5.91 Å². The van der Waals surface area contributed by atoms with Gasteiger partial charge in [0.15, 0.2) is 5.69 Å². The van der Waals surface area contributed by atoms with Gasteiger partial charge in [-0.1, -0.05) is 31.2 Å². The van der Waals surface area contributed by atoms with Crippen LogP contribution in [-0.2, 0) is 13.5 Å². The summed E-state index contributed by atoms with van der Waals surface area (Å²) in [6.45, 7) is 6.41. The molecule has 1 unspecified atom stereocenters. The van der Waals surface area contributed by atoms with Crippen molar-refractivity contribution >= 4 is 5.91 Å². The van der Waals surface area contributed by atoms with Crippen molar-refractivity contribution in [2.75, 3.05) is 19.6 Å². The number of hydrogen-bond donors (Lipinski definition) is 1. The van der Waals surface area contributed by atoms with Gasteiger partial charge < -0.3 is 10.2 Å². The smallest absolute Gasteiger partial charge is 0.274 e. The van der Waals surface area contributed by atoms with Gasteiger partial charge in [-0.2, -0.15) is 5.10 Å². The summed E-state index contributed by atoms with van der Waals surface area (Å²) in [7, 11) is 1.87. The Labute approximate surface area is 137 Å². The maximum absolute atomic E-state index is 12.9. The molecule has 0 radical (unpaired) electrons. The zero-order chi connectivity index (χ0) is 16.4. The highest BCUT2D eigenvalue weighted by Gasteiger charge is 2.29. The third kappa shape index (κ3) is 3.15. The Morgan fingerprint density at radius 2 is 2.09 bits per heavy atom.